The maximum absolute atomic E-state index is 10.8. The summed E-state index contributed by atoms with van der Waals surface area (Å²) >= 11 is 0. The van der Waals surface area contributed by atoms with Crippen molar-refractivity contribution in [3.63, 3.8) is 0 Å². The molecule has 1 aliphatic rings. The molecule has 0 saturated carbocycles. The van der Waals surface area contributed by atoms with Crippen molar-refractivity contribution in [1.29, 1.82) is 0 Å². The highest BCUT2D eigenvalue weighted by molar-refractivity contribution is 5.85. The molecule has 110 valence electrons. The number of carbonyl (C=O) groups is 1. The Morgan fingerprint density at radius 2 is 1.81 bits per heavy atom. The fourth-order valence-electron chi connectivity index (χ4n) is 3.27. The van der Waals surface area contributed by atoms with Gasteiger partial charge in [-0.25, -0.2) is 0 Å². The lowest BCUT2D eigenvalue weighted by Crippen LogP contribution is -2.33. The third-order valence-electron chi connectivity index (χ3n) is 4.44. The Kier molecular flexibility index (Phi) is 4.20. The molecule has 0 aliphatic carbocycles. The van der Waals surface area contributed by atoms with E-state index in [9.17, 15) is 4.79 Å². The molecule has 0 atom stereocenters. The molecule has 1 heterocycles. The maximum Gasteiger partial charge on any atom is 0.303 e. The number of carboxylic acid groups (broad SMARTS) is 1. The second-order valence-electron chi connectivity index (χ2n) is 5.96. The molecule has 0 bridgehead atoms. The van der Waals surface area contributed by atoms with Gasteiger partial charge in [0, 0.05) is 13.0 Å². The number of carboxylic acids is 1. The van der Waals surface area contributed by atoms with E-state index in [4.69, 9.17) is 5.11 Å². The predicted octanol–water partition coefficient (Wildman–Crippen LogP) is 3.53. The Hall–Kier alpha value is -1.87. The number of hydrogen-bond acceptors (Lipinski definition) is 2. The van der Waals surface area contributed by atoms with Crippen LogP contribution in [0.15, 0.2) is 42.5 Å². The molecule has 1 saturated heterocycles. The average molecular weight is 283 g/mol. The SMILES string of the molecule is O=C(O)CC1CCN(Cc2cccc3ccccc23)CC1. The van der Waals surface area contributed by atoms with E-state index < -0.39 is 5.97 Å². The first-order valence-corrected chi connectivity index (χ1v) is 7.63. The Morgan fingerprint density at radius 1 is 1.10 bits per heavy atom. The standard InChI is InChI=1S/C18H21NO2/c20-18(21)12-14-8-10-19(11-9-14)13-16-6-3-5-15-4-1-2-7-17(15)16/h1-7,14H,8-13H2,(H,20,21). The van der Waals surface area contributed by atoms with Gasteiger partial charge >= 0.3 is 5.97 Å². The van der Waals surface area contributed by atoms with Gasteiger partial charge in [0.25, 0.3) is 0 Å². The molecule has 3 heteroatoms. The molecule has 21 heavy (non-hydrogen) atoms. The van der Waals surface area contributed by atoms with Crippen LogP contribution in [-0.4, -0.2) is 29.1 Å². The average Bonchev–Trinajstić information content (AvgIpc) is 2.49. The zero-order valence-corrected chi connectivity index (χ0v) is 12.2. The lowest BCUT2D eigenvalue weighted by atomic mass is 9.93. The number of hydrogen-bond donors (Lipinski definition) is 1. The second-order valence-corrected chi connectivity index (χ2v) is 5.96. The fraction of sp³-hybridized carbons (Fsp3) is 0.389. The summed E-state index contributed by atoms with van der Waals surface area (Å²) in [7, 11) is 0. The largest absolute Gasteiger partial charge is 0.481 e. The van der Waals surface area contributed by atoms with E-state index in [0.717, 1.165) is 32.5 Å². The summed E-state index contributed by atoms with van der Waals surface area (Å²) in [6.07, 6.45) is 2.32. The minimum Gasteiger partial charge on any atom is -0.481 e. The first-order chi connectivity index (χ1) is 10.2. The minimum atomic E-state index is -0.664. The molecule has 2 aromatic rings. The highest BCUT2D eigenvalue weighted by atomic mass is 16.4. The molecule has 1 aliphatic heterocycles. The van der Waals surface area contributed by atoms with Crippen molar-refractivity contribution < 1.29 is 9.90 Å². The van der Waals surface area contributed by atoms with Crippen molar-refractivity contribution in [3.8, 4) is 0 Å². The van der Waals surface area contributed by atoms with Gasteiger partial charge in [0.2, 0.25) is 0 Å². The van der Waals surface area contributed by atoms with Crippen molar-refractivity contribution in [1.82, 2.24) is 4.90 Å². The van der Waals surface area contributed by atoms with Gasteiger partial charge in [-0.3, -0.25) is 9.69 Å². The van der Waals surface area contributed by atoms with Gasteiger partial charge in [-0.2, -0.15) is 0 Å². The van der Waals surface area contributed by atoms with E-state index in [2.05, 4.69) is 47.4 Å². The highest BCUT2D eigenvalue weighted by Gasteiger charge is 2.21. The smallest absolute Gasteiger partial charge is 0.303 e. The van der Waals surface area contributed by atoms with Gasteiger partial charge in [0.1, 0.15) is 0 Å². The van der Waals surface area contributed by atoms with Gasteiger partial charge in [0.15, 0.2) is 0 Å². The van der Waals surface area contributed by atoms with E-state index in [-0.39, 0.29) is 0 Å². The van der Waals surface area contributed by atoms with Crippen molar-refractivity contribution in [2.45, 2.75) is 25.8 Å². The first-order valence-electron chi connectivity index (χ1n) is 7.63. The topological polar surface area (TPSA) is 40.5 Å². The molecule has 0 radical (unpaired) electrons. The van der Waals surface area contributed by atoms with Crippen LogP contribution in [0, 0.1) is 5.92 Å². The van der Waals surface area contributed by atoms with Crippen LogP contribution in [0.25, 0.3) is 10.8 Å². The molecule has 1 fully saturated rings. The zero-order valence-electron chi connectivity index (χ0n) is 12.2. The molecule has 0 amide bonds. The van der Waals surface area contributed by atoms with Crippen LogP contribution in [0.2, 0.25) is 0 Å². The van der Waals surface area contributed by atoms with Gasteiger partial charge in [0.05, 0.1) is 0 Å². The number of rotatable bonds is 4. The number of aliphatic carboxylic acids is 1. The van der Waals surface area contributed by atoms with Crippen LogP contribution in [0.4, 0.5) is 0 Å². The van der Waals surface area contributed by atoms with Crippen LogP contribution in [-0.2, 0) is 11.3 Å². The molecular formula is C18H21NO2. The van der Waals surface area contributed by atoms with E-state index in [1.165, 1.54) is 16.3 Å². The van der Waals surface area contributed by atoms with Crippen LogP contribution in [0.1, 0.15) is 24.8 Å². The number of nitrogens with zero attached hydrogens (tertiary/aromatic N) is 1. The summed E-state index contributed by atoms with van der Waals surface area (Å²) in [5.41, 5.74) is 1.37. The van der Waals surface area contributed by atoms with Gasteiger partial charge in [-0.1, -0.05) is 42.5 Å². The lowest BCUT2D eigenvalue weighted by molar-refractivity contribution is -0.138. The number of likely N-dealkylation sites (tertiary alicyclic amines) is 1. The van der Waals surface area contributed by atoms with E-state index >= 15 is 0 Å². The second kappa shape index (κ2) is 6.27. The third kappa shape index (κ3) is 3.42. The fourth-order valence-corrected chi connectivity index (χ4v) is 3.27. The molecule has 3 nitrogen and oxygen atoms in total. The summed E-state index contributed by atoms with van der Waals surface area (Å²) < 4.78 is 0. The summed E-state index contributed by atoms with van der Waals surface area (Å²) in [4.78, 5) is 13.2. The van der Waals surface area contributed by atoms with Gasteiger partial charge < -0.3 is 5.11 Å². The first kappa shape index (κ1) is 14.1. The Bertz CT molecular complexity index is 625. The van der Waals surface area contributed by atoms with E-state index in [1.54, 1.807) is 0 Å². The van der Waals surface area contributed by atoms with Crippen molar-refractivity contribution in [2.75, 3.05) is 13.1 Å². The summed E-state index contributed by atoms with van der Waals surface area (Å²) in [5, 5.41) is 11.5. The number of fused-ring (bicyclic) bond motifs is 1. The predicted molar refractivity (Wildman–Crippen MR) is 84.2 cm³/mol. The van der Waals surface area contributed by atoms with Crippen LogP contribution >= 0.6 is 0 Å². The van der Waals surface area contributed by atoms with Crippen molar-refractivity contribution in [2.24, 2.45) is 5.92 Å². The molecule has 0 spiro atoms. The molecular weight excluding hydrogens is 262 g/mol. The quantitative estimate of drug-likeness (QED) is 0.933. The van der Waals surface area contributed by atoms with Crippen LogP contribution in [0.3, 0.4) is 0 Å². The molecule has 1 N–H and O–H groups in total. The van der Waals surface area contributed by atoms with Crippen LogP contribution in [0.5, 0.6) is 0 Å². The van der Waals surface area contributed by atoms with E-state index in [0.29, 0.717) is 12.3 Å². The summed E-state index contributed by atoms with van der Waals surface area (Å²) in [6.45, 7) is 2.96. The number of piperidine rings is 1. The van der Waals surface area contributed by atoms with Crippen molar-refractivity contribution >= 4 is 16.7 Å². The molecule has 2 aromatic carbocycles. The summed E-state index contributed by atoms with van der Waals surface area (Å²) in [5.74, 6) is -0.311. The minimum absolute atomic E-state index is 0.322. The van der Waals surface area contributed by atoms with Crippen LogP contribution < -0.4 is 0 Å². The third-order valence-corrected chi connectivity index (χ3v) is 4.44. The normalized spacial score (nSPS) is 17.1. The monoisotopic (exact) mass is 283 g/mol. The summed E-state index contributed by atoms with van der Waals surface area (Å²) in [6, 6.07) is 15.0. The number of benzene rings is 2. The Balaban J connectivity index is 1.66. The lowest BCUT2D eigenvalue weighted by Gasteiger charge is -2.31. The van der Waals surface area contributed by atoms with Crippen molar-refractivity contribution in [3.05, 3.63) is 48.0 Å². The zero-order chi connectivity index (χ0) is 14.7. The highest BCUT2D eigenvalue weighted by Crippen LogP contribution is 2.24. The van der Waals surface area contributed by atoms with E-state index in [1.807, 2.05) is 0 Å². The molecule has 3 rings (SSSR count). The van der Waals surface area contributed by atoms with Gasteiger partial charge in [-0.05, 0) is 48.2 Å². The molecule has 0 aromatic heterocycles. The maximum atomic E-state index is 10.8. The Morgan fingerprint density at radius 3 is 2.57 bits per heavy atom. The Labute approximate surface area is 125 Å². The molecule has 0 unspecified atom stereocenters. The van der Waals surface area contributed by atoms with Gasteiger partial charge in [-0.15, -0.1) is 0 Å².